The maximum Gasteiger partial charge on any atom is 0.258 e. The summed E-state index contributed by atoms with van der Waals surface area (Å²) in [6, 6.07) is 15.1. The van der Waals surface area contributed by atoms with Crippen LogP contribution in [0.1, 0.15) is 44.9 Å². The molecule has 4 amide bonds. The first-order chi connectivity index (χ1) is 18.1. The molecular formula is C31H25ClN2O4. The molecular weight excluding hydrogens is 500 g/mol. The lowest BCUT2D eigenvalue weighted by Crippen LogP contribution is -2.30. The fourth-order valence-electron chi connectivity index (χ4n) is 5.51. The first-order valence-electron chi connectivity index (χ1n) is 12.2. The summed E-state index contributed by atoms with van der Waals surface area (Å²) in [6.45, 7) is 7.89. The Labute approximate surface area is 225 Å². The predicted octanol–water partition coefficient (Wildman–Crippen LogP) is 5.61. The van der Waals surface area contributed by atoms with Crippen molar-refractivity contribution in [3.8, 4) is 0 Å². The summed E-state index contributed by atoms with van der Waals surface area (Å²) in [6.07, 6.45) is 5.10. The second kappa shape index (κ2) is 9.54. The fraction of sp³-hybridized carbons (Fsp3) is 0.161. The molecule has 2 aliphatic rings. The highest BCUT2D eigenvalue weighted by Gasteiger charge is 2.31. The van der Waals surface area contributed by atoms with Gasteiger partial charge in [-0.05, 0) is 103 Å². The lowest BCUT2D eigenvalue weighted by atomic mass is 9.77. The number of hydrogen-bond acceptors (Lipinski definition) is 4. The number of carbonyl (C=O) groups excluding carboxylic acids is 4. The SMILES string of the molecule is Cc1cc(N2C(=O)C=CC2=O)cc(C)c1C(c1ccc(Cl)cc1)c1c(C)cc(N2C(=O)C=CC2=O)cc1C. The molecule has 190 valence electrons. The molecule has 0 bridgehead atoms. The number of carbonyl (C=O) groups is 4. The average Bonchev–Trinajstić information content (AvgIpc) is 3.37. The zero-order valence-electron chi connectivity index (χ0n) is 21.4. The highest BCUT2D eigenvalue weighted by atomic mass is 35.5. The monoisotopic (exact) mass is 524 g/mol. The zero-order chi connectivity index (χ0) is 27.3. The summed E-state index contributed by atoms with van der Waals surface area (Å²) in [5.41, 5.74) is 7.83. The van der Waals surface area contributed by atoms with E-state index in [2.05, 4.69) is 0 Å². The summed E-state index contributed by atoms with van der Waals surface area (Å²) in [7, 11) is 0. The predicted molar refractivity (Wildman–Crippen MR) is 147 cm³/mol. The van der Waals surface area contributed by atoms with Gasteiger partial charge in [-0.3, -0.25) is 19.2 Å². The number of benzene rings is 3. The van der Waals surface area contributed by atoms with Crippen molar-refractivity contribution in [2.24, 2.45) is 0 Å². The molecule has 6 nitrogen and oxygen atoms in total. The minimum atomic E-state index is -0.362. The smallest absolute Gasteiger partial charge is 0.258 e. The Balaban J connectivity index is 1.68. The van der Waals surface area contributed by atoms with Crippen LogP contribution in [0.5, 0.6) is 0 Å². The van der Waals surface area contributed by atoms with Crippen LogP contribution in [-0.2, 0) is 19.2 Å². The number of aryl methyl sites for hydroxylation is 4. The van der Waals surface area contributed by atoms with Gasteiger partial charge in [-0.15, -0.1) is 0 Å². The van der Waals surface area contributed by atoms with Gasteiger partial charge in [-0.2, -0.15) is 0 Å². The number of anilines is 2. The van der Waals surface area contributed by atoms with Crippen molar-refractivity contribution < 1.29 is 19.2 Å². The molecule has 5 rings (SSSR count). The highest BCUT2D eigenvalue weighted by Crippen LogP contribution is 2.42. The summed E-state index contributed by atoms with van der Waals surface area (Å²) in [5, 5.41) is 0.622. The van der Waals surface area contributed by atoms with Crippen LogP contribution in [0.3, 0.4) is 0 Å². The van der Waals surface area contributed by atoms with Gasteiger partial charge in [0.05, 0.1) is 11.4 Å². The summed E-state index contributed by atoms with van der Waals surface area (Å²) < 4.78 is 0. The van der Waals surface area contributed by atoms with Crippen molar-refractivity contribution in [3.63, 3.8) is 0 Å². The maximum absolute atomic E-state index is 12.3. The van der Waals surface area contributed by atoms with Crippen molar-refractivity contribution in [3.05, 3.63) is 117 Å². The van der Waals surface area contributed by atoms with Crippen LogP contribution in [-0.4, -0.2) is 23.6 Å². The molecule has 3 aromatic carbocycles. The lowest BCUT2D eigenvalue weighted by molar-refractivity contribution is -0.121. The van der Waals surface area contributed by atoms with Gasteiger partial charge in [0.1, 0.15) is 0 Å². The van der Waals surface area contributed by atoms with Gasteiger partial charge < -0.3 is 0 Å². The third-order valence-corrected chi connectivity index (χ3v) is 7.32. The van der Waals surface area contributed by atoms with E-state index in [0.717, 1.165) is 38.9 Å². The van der Waals surface area contributed by atoms with Gasteiger partial charge >= 0.3 is 0 Å². The molecule has 7 heteroatoms. The second-order valence-electron chi connectivity index (χ2n) is 9.66. The molecule has 3 aromatic rings. The van der Waals surface area contributed by atoms with Crippen LogP contribution < -0.4 is 9.80 Å². The molecule has 0 radical (unpaired) electrons. The number of amides is 4. The Kier molecular flexibility index (Phi) is 6.37. The van der Waals surface area contributed by atoms with Gasteiger partial charge in [-0.25, -0.2) is 9.80 Å². The number of imide groups is 2. The Morgan fingerprint density at radius 3 is 1.18 bits per heavy atom. The van der Waals surface area contributed by atoms with Gasteiger partial charge in [-0.1, -0.05) is 23.7 Å². The Bertz CT molecular complexity index is 1420. The van der Waals surface area contributed by atoms with Gasteiger partial charge in [0.25, 0.3) is 23.6 Å². The summed E-state index contributed by atoms with van der Waals surface area (Å²) >= 11 is 6.22. The maximum atomic E-state index is 12.3. The minimum Gasteiger partial charge on any atom is -0.269 e. The van der Waals surface area contributed by atoms with E-state index in [4.69, 9.17) is 11.6 Å². The van der Waals surface area contributed by atoms with E-state index in [1.54, 1.807) is 0 Å². The van der Waals surface area contributed by atoms with Crippen molar-refractivity contribution in [1.29, 1.82) is 0 Å². The van der Waals surface area contributed by atoms with Crippen LogP contribution in [0, 0.1) is 27.7 Å². The Hall–Kier alpha value is -4.29. The lowest BCUT2D eigenvalue weighted by Gasteiger charge is -2.28. The van der Waals surface area contributed by atoms with Crippen LogP contribution in [0.15, 0.2) is 72.8 Å². The van der Waals surface area contributed by atoms with Gasteiger partial charge in [0.15, 0.2) is 0 Å². The first kappa shape index (κ1) is 25.4. The number of rotatable bonds is 5. The van der Waals surface area contributed by atoms with Crippen LogP contribution in [0.25, 0.3) is 0 Å². The Morgan fingerprint density at radius 1 is 0.553 bits per heavy atom. The number of hydrogen-bond donors (Lipinski definition) is 0. The van der Waals surface area contributed by atoms with Gasteiger partial charge in [0.2, 0.25) is 0 Å². The van der Waals surface area contributed by atoms with E-state index in [0.29, 0.717) is 16.4 Å². The van der Waals surface area contributed by atoms with Crippen molar-refractivity contribution in [2.75, 3.05) is 9.80 Å². The van der Waals surface area contributed by atoms with E-state index < -0.39 is 0 Å². The fourth-order valence-corrected chi connectivity index (χ4v) is 5.64. The van der Waals surface area contributed by atoms with Crippen LogP contribution >= 0.6 is 11.6 Å². The molecule has 0 aliphatic carbocycles. The molecule has 0 saturated carbocycles. The molecule has 0 N–H and O–H groups in total. The number of halogens is 1. The minimum absolute atomic E-state index is 0.207. The van der Waals surface area contributed by atoms with E-state index in [-0.39, 0.29) is 29.5 Å². The Morgan fingerprint density at radius 2 is 0.868 bits per heavy atom. The molecule has 0 atom stereocenters. The van der Waals surface area contributed by atoms with Crippen molar-refractivity contribution in [1.82, 2.24) is 0 Å². The standard InChI is InChI=1S/C31H25ClN2O4/c1-17-13-23(33-25(35)9-10-26(33)36)14-18(2)29(17)31(21-5-7-22(32)8-6-21)30-19(3)15-24(16-20(30)4)34-27(37)11-12-28(34)38/h5-16,31H,1-4H3. The molecule has 2 heterocycles. The normalized spacial score (nSPS) is 15.1. The van der Waals surface area contributed by atoms with E-state index in [9.17, 15) is 19.2 Å². The molecule has 0 aromatic heterocycles. The molecule has 0 fully saturated rings. The van der Waals surface area contributed by atoms with E-state index in [1.807, 2.05) is 76.2 Å². The average molecular weight is 525 g/mol. The molecule has 2 aliphatic heterocycles. The first-order valence-corrected chi connectivity index (χ1v) is 12.5. The van der Waals surface area contributed by atoms with Crippen molar-refractivity contribution >= 4 is 46.6 Å². The highest BCUT2D eigenvalue weighted by molar-refractivity contribution is 6.30. The second-order valence-corrected chi connectivity index (χ2v) is 10.1. The molecule has 0 spiro atoms. The molecule has 0 unspecified atom stereocenters. The third-order valence-electron chi connectivity index (χ3n) is 7.07. The molecule has 38 heavy (non-hydrogen) atoms. The quantitative estimate of drug-likeness (QED) is 0.321. The largest absolute Gasteiger partial charge is 0.269 e. The molecule has 0 saturated heterocycles. The van der Waals surface area contributed by atoms with E-state index in [1.165, 1.54) is 34.1 Å². The van der Waals surface area contributed by atoms with Crippen LogP contribution in [0.2, 0.25) is 5.02 Å². The third kappa shape index (κ3) is 4.27. The topological polar surface area (TPSA) is 74.8 Å². The van der Waals surface area contributed by atoms with Gasteiger partial charge in [0, 0.05) is 35.2 Å². The number of nitrogens with zero attached hydrogens (tertiary/aromatic N) is 2. The van der Waals surface area contributed by atoms with E-state index >= 15 is 0 Å². The summed E-state index contributed by atoms with van der Waals surface area (Å²) in [4.78, 5) is 51.7. The zero-order valence-corrected chi connectivity index (χ0v) is 22.2. The van der Waals surface area contributed by atoms with Crippen molar-refractivity contribution in [2.45, 2.75) is 33.6 Å². The van der Waals surface area contributed by atoms with Crippen LogP contribution in [0.4, 0.5) is 11.4 Å². The summed E-state index contributed by atoms with van der Waals surface area (Å²) in [5.74, 6) is -1.66.